The Hall–Kier alpha value is -1.51. The Morgan fingerprint density at radius 2 is 2.24 bits per heavy atom. The van der Waals surface area contributed by atoms with Crippen molar-refractivity contribution in [1.82, 2.24) is 10.6 Å². The maximum atomic E-state index is 11.5. The van der Waals surface area contributed by atoms with Crippen LogP contribution in [0.15, 0.2) is 22.7 Å². The van der Waals surface area contributed by atoms with Crippen LogP contribution < -0.4 is 15.4 Å². The van der Waals surface area contributed by atoms with E-state index in [9.17, 15) is 4.79 Å². The highest BCUT2D eigenvalue weighted by Crippen LogP contribution is 2.23. The molecule has 0 bridgehead atoms. The topological polar surface area (TPSA) is 50.4 Å². The van der Waals surface area contributed by atoms with Gasteiger partial charge in [-0.2, -0.15) is 0 Å². The van der Waals surface area contributed by atoms with Crippen LogP contribution in [0.25, 0.3) is 0 Å². The Morgan fingerprint density at radius 1 is 1.48 bits per heavy atom. The van der Waals surface area contributed by atoms with Crippen LogP contribution in [0.2, 0.25) is 0 Å². The molecule has 0 unspecified atom stereocenters. The van der Waals surface area contributed by atoms with Crippen LogP contribution >= 0.6 is 15.9 Å². The monoisotopic (exact) mass is 352 g/mol. The van der Waals surface area contributed by atoms with Gasteiger partial charge in [-0.25, -0.2) is 0 Å². The molecule has 0 aromatic heterocycles. The molecule has 2 N–H and O–H groups in total. The standard InChI is InChI=1S/C16H21BrN2O2/c1-4-9-21-15-6-5-14(17)10-13(15)11-18-8-7-16(20)19-12(2)3/h1,5-6,10,12,18H,7-9,11H2,2-3H3,(H,19,20). The summed E-state index contributed by atoms with van der Waals surface area (Å²) in [6.07, 6.45) is 5.66. The van der Waals surface area contributed by atoms with Gasteiger partial charge in [-0.15, -0.1) is 6.42 Å². The zero-order valence-electron chi connectivity index (χ0n) is 12.4. The van der Waals surface area contributed by atoms with Crippen molar-refractivity contribution in [2.45, 2.75) is 32.9 Å². The average molecular weight is 353 g/mol. The van der Waals surface area contributed by atoms with Crippen LogP contribution in [0.3, 0.4) is 0 Å². The van der Waals surface area contributed by atoms with Gasteiger partial charge in [0.15, 0.2) is 0 Å². The minimum atomic E-state index is 0.0514. The fourth-order valence-corrected chi connectivity index (χ4v) is 2.17. The highest BCUT2D eigenvalue weighted by Gasteiger charge is 2.06. The summed E-state index contributed by atoms with van der Waals surface area (Å²) in [4.78, 5) is 11.5. The number of nitrogens with one attached hydrogen (secondary N) is 2. The predicted molar refractivity (Wildman–Crippen MR) is 88.1 cm³/mol. The second-order valence-corrected chi connectivity index (χ2v) is 5.81. The van der Waals surface area contributed by atoms with E-state index >= 15 is 0 Å². The van der Waals surface area contributed by atoms with E-state index in [1.807, 2.05) is 32.0 Å². The molecule has 114 valence electrons. The average Bonchev–Trinajstić information content (AvgIpc) is 2.42. The van der Waals surface area contributed by atoms with E-state index in [1.165, 1.54) is 0 Å². The molecule has 0 saturated carbocycles. The third-order valence-corrected chi connectivity index (χ3v) is 3.12. The van der Waals surface area contributed by atoms with Crippen molar-refractivity contribution in [3.8, 4) is 18.1 Å². The van der Waals surface area contributed by atoms with Crippen LogP contribution in [0.4, 0.5) is 0 Å². The summed E-state index contributed by atoms with van der Waals surface area (Å²) in [5.74, 6) is 3.26. The van der Waals surface area contributed by atoms with Crippen LogP contribution in [0.1, 0.15) is 25.8 Å². The molecule has 0 fully saturated rings. The van der Waals surface area contributed by atoms with E-state index in [1.54, 1.807) is 0 Å². The minimum absolute atomic E-state index is 0.0514. The first-order valence-corrected chi connectivity index (χ1v) is 7.67. The summed E-state index contributed by atoms with van der Waals surface area (Å²) in [5, 5.41) is 6.09. The Morgan fingerprint density at radius 3 is 2.90 bits per heavy atom. The van der Waals surface area contributed by atoms with Crippen molar-refractivity contribution in [3.05, 3.63) is 28.2 Å². The van der Waals surface area contributed by atoms with Gasteiger partial charge in [-0.1, -0.05) is 21.9 Å². The van der Waals surface area contributed by atoms with E-state index in [2.05, 4.69) is 32.5 Å². The zero-order chi connectivity index (χ0) is 15.7. The number of hydrogen-bond donors (Lipinski definition) is 2. The lowest BCUT2D eigenvalue weighted by molar-refractivity contribution is -0.121. The Balaban J connectivity index is 2.45. The second kappa shape index (κ2) is 9.43. The lowest BCUT2D eigenvalue weighted by atomic mass is 10.2. The number of amides is 1. The summed E-state index contributed by atoms with van der Waals surface area (Å²) in [7, 11) is 0. The first-order valence-electron chi connectivity index (χ1n) is 6.87. The van der Waals surface area contributed by atoms with E-state index in [4.69, 9.17) is 11.2 Å². The maximum Gasteiger partial charge on any atom is 0.221 e. The lowest BCUT2D eigenvalue weighted by Crippen LogP contribution is -2.32. The minimum Gasteiger partial charge on any atom is -0.481 e. The number of benzene rings is 1. The molecule has 0 aliphatic rings. The number of terminal acetylenes is 1. The van der Waals surface area contributed by atoms with Crippen molar-refractivity contribution in [2.75, 3.05) is 13.2 Å². The fraction of sp³-hybridized carbons (Fsp3) is 0.438. The molecule has 1 aromatic carbocycles. The van der Waals surface area contributed by atoms with E-state index < -0.39 is 0 Å². The number of rotatable bonds is 8. The normalized spacial score (nSPS) is 10.2. The Bertz CT molecular complexity index is 509. The molecule has 0 heterocycles. The number of carbonyl (C=O) groups is 1. The molecule has 0 aliphatic carbocycles. The zero-order valence-corrected chi connectivity index (χ0v) is 14.0. The number of hydrogen-bond acceptors (Lipinski definition) is 3. The van der Waals surface area contributed by atoms with Crippen molar-refractivity contribution in [2.24, 2.45) is 0 Å². The van der Waals surface area contributed by atoms with Gasteiger partial charge >= 0.3 is 0 Å². The van der Waals surface area contributed by atoms with Crippen molar-refractivity contribution >= 4 is 21.8 Å². The third kappa shape index (κ3) is 7.16. The number of ether oxygens (including phenoxy) is 1. The van der Waals surface area contributed by atoms with Crippen molar-refractivity contribution < 1.29 is 9.53 Å². The van der Waals surface area contributed by atoms with Gasteiger partial charge in [0, 0.05) is 35.6 Å². The molecule has 4 nitrogen and oxygen atoms in total. The summed E-state index contributed by atoms with van der Waals surface area (Å²) in [6, 6.07) is 5.94. The molecule has 21 heavy (non-hydrogen) atoms. The number of halogens is 1. The van der Waals surface area contributed by atoms with E-state index in [-0.39, 0.29) is 18.6 Å². The van der Waals surface area contributed by atoms with Crippen molar-refractivity contribution in [3.63, 3.8) is 0 Å². The molecule has 0 aliphatic heterocycles. The molecule has 5 heteroatoms. The Labute approximate surface area is 134 Å². The highest BCUT2D eigenvalue weighted by atomic mass is 79.9. The van der Waals surface area contributed by atoms with Gasteiger partial charge in [0.1, 0.15) is 12.4 Å². The summed E-state index contributed by atoms with van der Waals surface area (Å²) >= 11 is 3.44. The largest absolute Gasteiger partial charge is 0.481 e. The first kappa shape index (κ1) is 17.5. The van der Waals surface area contributed by atoms with Gasteiger partial charge in [0.05, 0.1) is 0 Å². The predicted octanol–water partition coefficient (Wildman–Crippen LogP) is 2.47. The number of carbonyl (C=O) groups excluding carboxylic acids is 1. The quantitative estimate of drug-likeness (QED) is 0.558. The summed E-state index contributed by atoms with van der Waals surface area (Å²) in [6.45, 7) is 5.36. The van der Waals surface area contributed by atoms with Crippen LogP contribution in [-0.2, 0) is 11.3 Å². The van der Waals surface area contributed by atoms with Crippen LogP contribution in [0, 0.1) is 12.3 Å². The van der Waals surface area contributed by atoms with Gasteiger partial charge in [-0.3, -0.25) is 4.79 Å². The molecule has 1 aromatic rings. The van der Waals surface area contributed by atoms with Gasteiger partial charge in [0.2, 0.25) is 5.91 Å². The van der Waals surface area contributed by atoms with E-state index in [0.717, 1.165) is 15.8 Å². The summed E-state index contributed by atoms with van der Waals surface area (Å²) < 4.78 is 6.47. The van der Waals surface area contributed by atoms with Gasteiger partial charge in [0.25, 0.3) is 0 Å². The van der Waals surface area contributed by atoms with Gasteiger partial charge in [-0.05, 0) is 32.0 Å². The molecule has 0 radical (unpaired) electrons. The summed E-state index contributed by atoms with van der Waals surface area (Å²) in [5.41, 5.74) is 1.00. The third-order valence-electron chi connectivity index (χ3n) is 2.63. The molecule has 1 rings (SSSR count). The second-order valence-electron chi connectivity index (χ2n) is 4.89. The van der Waals surface area contributed by atoms with E-state index in [0.29, 0.717) is 19.5 Å². The first-order chi connectivity index (χ1) is 10.0. The SMILES string of the molecule is C#CCOc1ccc(Br)cc1CNCCC(=O)NC(C)C. The maximum absolute atomic E-state index is 11.5. The smallest absolute Gasteiger partial charge is 0.221 e. The highest BCUT2D eigenvalue weighted by molar-refractivity contribution is 9.10. The van der Waals surface area contributed by atoms with Crippen molar-refractivity contribution in [1.29, 1.82) is 0 Å². The fourth-order valence-electron chi connectivity index (χ4n) is 1.77. The van der Waals surface area contributed by atoms with Crippen LogP contribution in [0.5, 0.6) is 5.75 Å². The molecular weight excluding hydrogens is 332 g/mol. The van der Waals surface area contributed by atoms with Crippen LogP contribution in [-0.4, -0.2) is 25.1 Å². The lowest BCUT2D eigenvalue weighted by Gasteiger charge is -2.12. The molecule has 0 saturated heterocycles. The molecule has 0 spiro atoms. The van der Waals surface area contributed by atoms with Gasteiger partial charge < -0.3 is 15.4 Å². The Kier molecular flexibility index (Phi) is 7.88. The molecular formula is C16H21BrN2O2. The molecule has 1 amide bonds. The molecule has 0 atom stereocenters.